The van der Waals surface area contributed by atoms with E-state index in [0.29, 0.717) is 41.8 Å². The van der Waals surface area contributed by atoms with Crippen LogP contribution in [0.4, 0.5) is 0 Å². The van der Waals surface area contributed by atoms with Crippen LogP contribution in [0.15, 0.2) is 72.8 Å². The number of esters is 2. The van der Waals surface area contributed by atoms with E-state index in [1.807, 2.05) is 44.2 Å². The number of carbonyl (C=O) groups excluding carboxylic acids is 3. The Labute approximate surface area is 450 Å². The van der Waals surface area contributed by atoms with Crippen molar-refractivity contribution < 1.29 is 62.9 Å². The Morgan fingerprint density at radius 3 is 1.59 bits per heavy atom. The number of nitrogens with one attached hydrogen (secondary N) is 1. The summed E-state index contributed by atoms with van der Waals surface area (Å²) >= 11 is 0. The standard InChI is InChI=1S/C29H41NO3.C21H26O2.C8H15NO2.CN.B.Na/c1-5-32-28(31)24-7-6-16-30(20-24)19-21-8-9-23-18-27(13-10-22(23)17-21)33-26-14-11-25(12-15-26)29(2,3)4;1-21(2,3)18-7-10-19(11-8-18)23-20-9-6-16-12-15(14-22)4-5-17(16)13-20;1-2-11-8(10)7-4-3-5-9-6-7;1-2;;/h8-10,13,17-18,24-26H,5-7,11-12,14-16,19-20H2,1-4H3;4-6,9,12-14,18-19H,7-8,10-11H2,1-3H3;7,9H,2-6H2,1H3;;;/q;;;-1;;+1/t24-,25?,26?;;7-;;;/m0.0.../s1. The first kappa shape index (κ1) is 61.4. The first-order chi connectivity index (χ1) is 33.1. The van der Waals surface area contributed by atoms with Crippen LogP contribution in [-0.2, 0) is 25.6 Å². The van der Waals surface area contributed by atoms with Gasteiger partial charge >= 0.3 is 41.5 Å². The Morgan fingerprint density at radius 1 is 0.648 bits per heavy atom. The van der Waals surface area contributed by atoms with Crippen LogP contribution < -0.4 is 44.3 Å². The number of piperidine rings is 2. The second kappa shape index (κ2) is 30.3. The average Bonchev–Trinajstić information content (AvgIpc) is 3.35. The van der Waals surface area contributed by atoms with Crippen molar-refractivity contribution in [1.82, 2.24) is 10.2 Å². The maximum atomic E-state index is 12.1. The zero-order valence-electron chi connectivity index (χ0n) is 44.7. The molecule has 3 radical (unpaired) electrons. The maximum Gasteiger partial charge on any atom is 1.00 e. The van der Waals surface area contributed by atoms with E-state index in [4.69, 9.17) is 30.8 Å². The number of hydrogen-bond acceptors (Lipinski definition) is 10. The number of fused-ring (bicyclic) bond motifs is 2. The van der Waals surface area contributed by atoms with Crippen LogP contribution in [0.3, 0.4) is 0 Å². The minimum absolute atomic E-state index is 0. The number of hydrogen-bond donors (Lipinski definition) is 1. The quantitative estimate of drug-likeness (QED) is 0.0672. The van der Waals surface area contributed by atoms with Crippen LogP contribution in [0, 0.1) is 46.3 Å². The third kappa shape index (κ3) is 19.5. The number of carbonyl (C=O) groups is 3. The van der Waals surface area contributed by atoms with Crippen molar-refractivity contribution in [2.45, 2.75) is 151 Å². The summed E-state index contributed by atoms with van der Waals surface area (Å²) in [5.74, 6) is 3.57. The number of likely N-dealkylation sites (tertiary alicyclic amines) is 1. The Kier molecular flexibility index (Phi) is 26.2. The van der Waals surface area contributed by atoms with E-state index >= 15 is 0 Å². The molecule has 2 heterocycles. The second-order valence-electron chi connectivity index (χ2n) is 21.8. The molecule has 2 atom stereocenters. The molecular weight excluding hydrogens is 896 g/mol. The van der Waals surface area contributed by atoms with Crippen LogP contribution in [0.25, 0.3) is 21.5 Å². The summed E-state index contributed by atoms with van der Waals surface area (Å²) in [4.78, 5) is 36.5. The maximum absolute atomic E-state index is 12.1. The molecule has 0 unspecified atom stereocenters. The SMILES string of the molecule is CC(C)(C)C1CCC(Oc2ccc3cc(C=O)ccc3c2)CC1.CCOC(=O)[C@H]1CCCN(Cc2ccc3cc(OC4CCC(C(C)(C)C)CC4)ccc3c2)C1.CCOC(=O)[C@H]1CCCNC1.[B].[C-]#N.[Na+]. The fraction of sp³-hybridized carbons (Fsp3) is 0.593. The van der Waals surface area contributed by atoms with Crippen LogP contribution in [-0.4, -0.2) is 83.1 Å². The van der Waals surface area contributed by atoms with Crippen LogP contribution in [0.2, 0.25) is 0 Å². The molecule has 2 aliphatic carbocycles. The largest absolute Gasteiger partial charge is 1.00 e. The summed E-state index contributed by atoms with van der Waals surface area (Å²) in [5.41, 5.74) is 2.82. The minimum Gasteiger partial charge on any atom is -0.512 e. The zero-order valence-corrected chi connectivity index (χ0v) is 46.7. The molecule has 4 aromatic rings. The summed E-state index contributed by atoms with van der Waals surface area (Å²) in [6.45, 7) is 28.1. The van der Waals surface area contributed by atoms with Crippen molar-refractivity contribution >= 4 is 48.2 Å². The van der Waals surface area contributed by atoms with Gasteiger partial charge in [-0.1, -0.05) is 77.9 Å². The molecule has 71 heavy (non-hydrogen) atoms. The van der Waals surface area contributed by atoms with E-state index in [1.165, 1.54) is 42.0 Å². The average molecular weight is 979 g/mol. The van der Waals surface area contributed by atoms with E-state index in [2.05, 4.69) is 94.2 Å². The number of rotatable bonds is 11. The number of ether oxygens (including phenoxy) is 4. The van der Waals surface area contributed by atoms with Crippen molar-refractivity contribution in [3.8, 4) is 11.5 Å². The third-order valence-corrected chi connectivity index (χ3v) is 14.7. The van der Waals surface area contributed by atoms with Gasteiger partial charge in [0.15, 0.2) is 0 Å². The molecule has 4 aliphatic rings. The van der Waals surface area contributed by atoms with Gasteiger partial charge < -0.3 is 36.1 Å². The second-order valence-corrected chi connectivity index (χ2v) is 21.8. The molecular formula is C59H82BN3NaO7. The fourth-order valence-corrected chi connectivity index (χ4v) is 10.5. The first-order valence-corrected chi connectivity index (χ1v) is 26.0. The van der Waals surface area contributed by atoms with E-state index in [1.54, 1.807) is 0 Å². The van der Waals surface area contributed by atoms with Gasteiger partial charge in [-0.2, -0.15) is 0 Å². The van der Waals surface area contributed by atoms with Gasteiger partial charge in [0.2, 0.25) is 0 Å². The Bertz CT molecular complexity index is 2250. The van der Waals surface area contributed by atoms with E-state index < -0.39 is 0 Å². The van der Waals surface area contributed by atoms with Crippen molar-refractivity contribution in [3.05, 3.63) is 90.5 Å². The number of benzene rings is 4. The van der Waals surface area contributed by atoms with Crippen LogP contribution in [0.1, 0.15) is 148 Å². The predicted octanol–water partition coefficient (Wildman–Crippen LogP) is 9.50. The molecule has 0 bridgehead atoms. The van der Waals surface area contributed by atoms with Gasteiger partial charge in [-0.05, 0) is 190 Å². The Morgan fingerprint density at radius 2 is 1.11 bits per heavy atom. The van der Waals surface area contributed by atoms with Crippen molar-refractivity contribution in [3.63, 3.8) is 0 Å². The van der Waals surface area contributed by atoms with Gasteiger partial charge in [0.25, 0.3) is 0 Å². The molecule has 8 rings (SSSR count). The molecule has 12 heteroatoms. The van der Waals surface area contributed by atoms with Gasteiger partial charge in [-0.15, -0.1) is 0 Å². The molecule has 0 spiro atoms. The smallest absolute Gasteiger partial charge is 0.512 e. The topological polar surface area (TPSA) is 127 Å². The number of aldehydes is 1. The molecule has 0 aromatic heterocycles. The summed E-state index contributed by atoms with van der Waals surface area (Å²) in [6, 6.07) is 25.1. The number of nitrogens with zero attached hydrogens (tertiary/aromatic N) is 2. The van der Waals surface area contributed by atoms with Gasteiger partial charge in [0.1, 0.15) is 17.8 Å². The van der Waals surface area contributed by atoms with E-state index in [-0.39, 0.29) is 61.7 Å². The third-order valence-electron chi connectivity index (χ3n) is 14.7. The molecule has 379 valence electrons. The van der Waals surface area contributed by atoms with Gasteiger partial charge in [-0.3, -0.25) is 19.3 Å². The van der Waals surface area contributed by atoms with E-state index in [9.17, 15) is 14.4 Å². The normalized spacial score (nSPS) is 22.4. The summed E-state index contributed by atoms with van der Waals surface area (Å²) in [7, 11) is 0. The fourth-order valence-electron chi connectivity index (χ4n) is 10.5. The molecule has 4 aromatic carbocycles. The Balaban J connectivity index is 0.000000304. The monoisotopic (exact) mass is 979 g/mol. The van der Waals surface area contributed by atoms with E-state index in [0.717, 1.165) is 124 Å². The van der Waals surface area contributed by atoms with Crippen molar-refractivity contribution in [1.29, 1.82) is 5.26 Å². The van der Waals surface area contributed by atoms with Gasteiger partial charge in [0, 0.05) is 33.6 Å². The van der Waals surface area contributed by atoms with Crippen molar-refractivity contribution in [2.75, 3.05) is 39.4 Å². The Hall–Kier alpha value is -3.92. The molecule has 2 aliphatic heterocycles. The summed E-state index contributed by atoms with van der Waals surface area (Å²) in [5, 5.41) is 14.1. The van der Waals surface area contributed by atoms with Gasteiger partial charge in [-0.25, -0.2) is 0 Å². The molecule has 4 fully saturated rings. The molecule has 10 nitrogen and oxygen atoms in total. The van der Waals surface area contributed by atoms with Crippen LogP contribution in [0.5, 0.6) is 11.5 Å². The molecule has 2 saturated heterocycles. The van der Waals surface area contributed by atoms with Crippen LogP contribution >= 0.6 is 0 Å². The zero-order chi connectivity index (χ0) is 50.0. The first-order valence-electron chi connectivity index (χ1n) is 26.0. The molecule has 0 amide bonds. The van der Waals surface area contributed by atoms with Gasteiger partial charge in [0.05, 0.1) is 37.3 Å². The summed E-state index contributed by atoms with van der Waals surface area (Å²) < 4.78 is 22.7. The molecule has 2 saturated carbocycles. The predicted molar refractivity (Wildman–Crippen MR) is 283 cm³/mol. The molecule has 1 N–H and O–H groups in total. The van der Waals surface area contributed by atoms with Crippen molar-refractivity contribution in [2.24, 2.45) is 34.5 Å². The minimum atomic E-state index is -0.0419. The summed E-state index contributed by atoms with van der Waals surface area (Å²) in [6.07, 6.45) is 15.2.